The molecule has 1 fully saturated rings. The molecular weight excluding hydrogens is 426 g/mol. The van der Waals surface area contributed by atoms with Gasteiger partial charge in [0.15, 0.2) is 0 Å². The van der Waals surface area contributed by atoms with Crippen molar-refractivity contribution in [3.63, 3.8) is 0 Å². The molecule has 2 heterocycles. The van der Waals surface area contributed by atoms with Gasteiger partial charge in [0.1, 0.15) is 11.5 Å². The number of fused-ring (bicyclic) bond motifs is 1. The van der Waals surface area contributed by atoms with Crippen LogP contribution in [-0.2, 0) is 4.79 Å². The van der Waals surface area contributed by atoms with E-state index in [4.69, 9.17) is 0 Å². The Labute approximate surface area is 198 Å². The number of amides is 2. The Bertz CT molecular complexity index is 1290. The molecule has 0 saturated heterocycles. The zero-order chi connectivity index (χ0) is 23.3. The van der Waals surface area contributed by atoms with E-state index in [2.05, 4.69) is 25.6 Å². The summed E-state index contributed by atoms with van der Waals surface area (Å²) < 4.78 is 0. The third-order valence-electron chi connectivity index (χ3n) is 6.29. The van der Waals surface area contributed by atoms with E-state index in [9.17, 15) is 9.59 Å². The van der Waals surface area contributed by atoms with Gasteiger partial charge in [0.25, 0.3) is 5.91 Å². The van der Waals surface area contributed by atoms with Gasteiger partial charge in [-0.25, -0.2) is 4.98 Å². The Hall–Kier alpha value is -4.00. The number of aromatic nitrogens is 3. The number of benzene rings is 2. The number of anilines is 2. The Morgan fingerprint density at radius 1 is 0.853 bits per heavy atom. The minimum Gasteiger partial charge on any atom is -0.338 e. The fourth-order valence-electron chi connectivity index (χ4n) is 4.41. The van der Waals surface area contributed by atoms with Gasteiger partial charge in [0.05, 0.1) is 11.0 Å². The van der Waals surface area contributed by atoms with Gasteiger partial charge in [-0.15, -0.1) is 0 Å². The quantitative estimate of drug-likeness (QED) is 0.333. The molecule has 7 heteroatoms. The highest BCUT2D eigenvalue weighted by Crippen LogP contribution is 2.26. The molecule has 34 heavy (non-hydrogen) atoms. The first-order chi connectivity index (χ1) is 16.7. The number of nitrogens with zero attached hydrogens (tertiary/aromatic N) is 2. The van der Waals surface area contributed by atoms with E-state index >= 15 is 0 Å². The van der Waals surface area contributed by atoms with Crippen LogP contribution >= 0.6 is 0 Å². The molecule has 5 rings (SSSR count). The van der Waals surface area contributed by atoms with Crippen molar-refractivity contribution >= 4 is 34.2 Å². The second-order valence-corrected chi connectivity index (χ2v) is 8.74. The lowest BCUT2D eigenvalue weighted by Crippen LogP contribution is -2.22. The Kier molecular flexibility index (Phi) is 6.33. The van der Waals surface area contributed by atoms with Crippen molar-refractivity contribution in [3.8, 4) is 11.4 Å². The lowest BCUT2D eigenvalue weighted by molar-refractivity contribution is -0.120. The third kappa shape index (κ3) is 4.98. The number of rotatable bonds is 5. The number of hydrogen-bond donors (Lipinski definition) is 3. The largest absolute Gasteiger partial charge is 0.338 e. The van der Waals surface area contributed by atoms with Gasteiger partial charge in [-0.2, -0.15) is 0 Å². The van der Waals surface area contributed by atoms with E-state index < -0.39 is 0 Å². The van der Waals surface area contributed by atoms with Crippen molar-refractivity contribution in [2.75, 3.05) is 10.6 Å². The van der Waals surface area contributed by atoms with E-state index in [1.54, 1.807) is 24.4 Å². The molecule has 0 radical (unpaired) electrons. The molecule has 4 aromatic rings. The van der Waals surface area contributed by atoms with Crippen molar-refractivity contribution < 1.29 is 9.59 Å². The van der Waals surface area contributed by atoms with Crippen LogP contribution in [0.25, 0.3) is 22.4 Å². The van der Waals surface area contributed by atoms with Crippen LogP contribution in [-0.4, -0.2) is 26.8 Å². The molecule has 0 bridgehead atoms. The maximum Gasteiger partial charge on any atom is 0.274 e. The molecule has 3 N–H and O–H groups in total. The lowest BCUT2D eigenvalue weighted by atomic mass is 9.99. The molecule has 2 aromatic carbocycles. The summed E-state index contributed by atoms with van der Waals surface area (Å²) in [5, 5.41) is 5.94. The molecule has 0 unspecified atom stereocenters. The standard InChI is InChI=1S/C27H27N5O2/c33-26(19-7-3-1-2-4-8-19)29-20-12-10-18(11-13-20)25-31-22-15-14-21(17-24(22)32-25)30-27(34)23-9-5-6-16-28-23/h5-6,9-17,19H,1-4,7-8H2,(H,29,33)(H,30,34)(H,31,32). The van der Waals surface area contributed by atoms with E-state index in [0.717, 1.165) is 53.8 Å². The van der Waals surface area contributed by atoms with Crippen molar-refractivity contribution in [2.45, 2.75) is 38.5 Å². The van der Waals surface area contributed by atoms with Gasteiger partial charge >= 0.3 is 0 Å². The predicted molar refractivity (Wildman–Crippen MR) is 134 cm³/mol. The Morgan fingerprint density at radius 3 is 2.35 bits per heavy atom. The second-order valence-electron chi connectivity index (χ2n) is 8.74. The van der Waals surface area contributed by atoms with Crippen molar-refractivity contribution in [1.82, 2.24) is 15.0 Å². The minimum atomic E-state index is -0.263. The molecule has 1 aliphatic rings. The van der Waals surface area contributed by atoms with Crippen LogP contribution < -0.4 is 10.6 Å². The average molecular weight is 454 g/mol. The first kappa shape index (κ1) is 21.8. The van der Waals surface area contributed by atoms with E-state index in [1.165, 1.54) is 12.8 Å². The van der Waals surface area contributed by atoms with Crippen LogP contribution in [0.4, 0.5) is 11.4 Å². The second kappa shape index (κ2) is 9.87. The van der Waals surface area contributed by atoms with E-state index in [1.807, 2.05) is 42.5 Å². The van der Waals surface area contributed by atoms with Gasteiger partial charge in [-0.3, -0.25) is 14.6 Å². The number of aromatic amines is 1. The smallest absolute Gasteiger partial charge is 0.274 e. The fourth-order valence-corrected chi connectivity index (χ4v) is 4.41. The summed E-state index contributed by atoms with van der Waals surface area (Å²) in [4.78, 5) is 37.1. The molecule has 0 spiro atoms. The number of H-pyrrole nitrogens is 1. The third-order valence-corrected chi connectivity index (χ3v) is 6.29. The van der Waals surface area contributed by atoms with Gasteiger partial charge in [0.2, 0.25) is 5.91 Å². The van der Waals surface area contributed by atoms with E-state index in [0.29, 0.717) is 11.4 Å². The molecule has 7 nitrogen and oxygen atoms in total. The van der Waals surface area contributed by atoms with Gasteiger partial charge < -0.3 is 15.6 Å². The number of hydrogen-bond acceptors (Lipinski definition) is 4. The maximum absolute atomic E-state index is 12.6. The summed E-state index contributed by atoms with van der Waals surface area (Å²) in [7, 11) is 0. The summed E-state index contributed by atoms with van der Waals surface area (Å²) in [6.45, 7) is 0. The first-order valence-corrected chi connectivity index (χ1v) is 11.8. The lowest BCUT2D eigenvalue weighted by Gasteiger charge is -2.14. The molecule has 1 aliphatic carbocycles. The number of nitrogens with one attached hydrogen (secondary N) is 3. The minimum absolute atomic E-state index is 0.116. The summed E-state index contributed by atoms with van der Waals surface area (Å²) in [6.07, 6.45) is 8.28. The average Bonchev–Trinajstić information content (AvgIpc) is 3.09. The Balaban J connectivity index is 1.27. The number of carbonyl (C=O) groups is 2. The van der Waals surface area contributed by atoms with Gasteiger partial charge in [-0.05, 0) is 67.4 Å². The molecule has 2 aromatic heterocycles. The molecule has 2 amide bonds. The monoisotopic (exact) mass is 453 g/mol. The number of pyridine rings is 1. The highest BCUT2D eigenvalue weighted by molar-refractivity contribution is 6.03. The molecule has 1 saturated carbocycles. The topological polar surface area (TPSA) is 99.8 Å². The van der Waals surface area contributed by atoms with Crippen LogP contribution in [0.2, 0.25) is 0 Å². The van der Waals surface area contributed by atoms with Crippen LogP contribution in [0.3, 0.4) is 0 Å². The molecule has 0 atom stereocenters. The van der Waals surface area contributed by atoms with Gasteiger partial charge in [0, 0.05) is 29.1 Å². The Morgan fingerprint density at radius 2 is 1.62 bits per heavy atom. The predicted octanol–water partition coefficient (Wildman–Crippen LogP) is 5.79. The van der Waals surface area contributed by atoms with Crippen molar-refractivity contribution in [2.24, 2.45) is 5.92 Å². The van der Waals surface area contributed by atoms with Crippen LogP contribution in [0, 0.1) is 5.92 Å². The molecule has 0 aliphatic heterocycles. The zero-order valence-electron chi connectivity index (χ0n) is 18.9. The molecular formula is C27H27N5O2. The fraction of sp³-hybridized carbons (Fsp3) is 0.259. The summed E-state index contributed by atoms with van der Waals surface area (Å²) in [6, 6.07) is 18.5. The zero-order valence-corrected chi connectivity index (χ0v) is 18.9. The highest BCUT2D eigenvalue weighted by Gasteiger charge is 2.20. The van der Waals surface area contributed by atoms with Crippen LogP contribution in [0.5, 0.6) is 0 Å². The maximum atomic E-state index is 12.6. The SMILES string of the molecule is O=C(Nc1ccc2nc(-c3ccc(NC(=O)C4CCCCCC4)cc3)[nH]c2c1)c1ccccn1. The first-order valence-electron chi connectivity index (χ1n) is 11.8. The summed E-state index contributed by atoms with van der Waals surface area (Å²) >= 11 is 0. The normalized spacial score (nSPS) is 14.5. The summed E-state index contributed by atoms with van der Waals surface area (Å²) in [5.41, 5.74) is 4.36. The van der Waals surface area contributed by atoms with Gasteiger partial charge in [-0.1, -0.05) is 31.7 Å². The van der Waals surface area contributed by atoms with E-state index in [-0.39, 0.29) is 17.7 Å². The number of imidazole rings is 1. The number of carbonyl (C=O) groups excluding carboxylic acids is 2. The highest BCUT2D eigenvalue weighted by atomic mass is 16.2. The van der Waals surface area contributed by atoms with Crippen LogP contribution in [0.15, 0.2) is 66.9 Å². The van der Waals surface area contributed by atoms with Crippen molar-refractivity contribution in [3.05, 3.63) is 72.6 Å². The molecule has 172 valence electrons. The van der Waals surface area contributed by atoms with Crippen LogP contribution in [0.1, 0.15) is 49.0 Å². The van der Waals surface area contributed by atoms with Crippen molar-refractivity contribution in [1.29, 1.82) is 0 Å². The summed E-state index contributed by atoms with van der Waals surface area (Å²) in [5.74, 6) is 0.703.